The van der Waals surface area contributed by atoms with E-state index in [0.29, 0.717) is 0 Å². The fraction of sp³-hybridized carbons (Fsp3) is 0.211. The third-order valence-electron chi connectivity index (χ3n) is 3.67. The van der Waals surface area contributed by atoms with Gasteiger partial charge in [0.2, 0.25) is 0 Å². The summed E-state index contributed by atoms with van der Waals surface area (Å²) < 4.78 is 1.97. The van der Waals surface area contributed by atoms with Crippen molar-refractivity contribution in [2.45, 2.75) is 25.9 Å². The molecule has 0 amide bonds. The lowest BCUT2D eigenvalue weighted by Gasteiger charge is -2.05. The summed E-state index contributed by atoms with van der Waals surface area (Å²) >= 11 is 0. The van der Waals surface area contributed by atoms with Crippen LogP contribution in [0.5, 0.6) is 0 Å². The molecule has 3 nitrogen and oxygen atoms in total. The number of aromatic nitrogens is 2. The first-order chi connectivity index (χ1) is 10.7. The minimum atomic E-state index is 0.194. The number of rotatable bonds is 5. The fourth-order valence-corrected chi connectivity index (χ4v) is 2.57. The maximum atomic E-state index is 5.84. The third-order valence-corrected chi connectivity index (χ3v) is 3.67. The predicted octanol–water partition coefficient (Wildman–Crippen LogP) is 3.49. The molecule has 0 fully saturated rings. The Morgan fingerprint density at radius 1 is 0.955 bits per heavy atom. The topological polar surface area (TPSA) is 43.8 Å². The summed E-state index contributed by atoms with van der Waals surface area (Å²) in [5.41, 5.74) is 10.7. The minimum Gasteiger partial charge on any atom is -0.328 e. The molecule has 3 aromatic rings. The monoisotopic (exact) mass is 291 g/mol. The second kappa shape index (κ2) is 6.58. The Morgan fingerprint density at radius 3 is 2.36 bits per heavy atom. The van der Waals surface area contributed by atoms with Crippen molar-refractivity contribution in [1.29, 1.82) is 0 Å². The van der Waals surface area contributed by atoms with E-state index < -0.39 is 0 Å². The molecule has 1 atom stereocenters. The van der Waals surface area contributed by atoms with Gasteiger partial charge in [0.25, 0.3) is 0 Å². The zero-order valence-electron chi connectivity index (χ0n) is 12.8. The highest BCUT2D eigenvalue weighted by Crippen LogP contribution is 2.20. The van der Waals surface area contributed by atoms with Crippen LogP contribution in [0.25, 0.3) is 11.1 Å². The molecule has 22 heavy (non-hydrogen) atoms. The van der Waals surface area contributed by atoms with Crippen molar-refractivity contribution >= 4 is 0 Å². The first kappa shape index (κ1) is 14.5. The van der Waals surface area contributed by atoms with Gasteiger partial charge in [-0.3, -0.25) is 4.68 Å². The maximum Gasteiger partial charge on any atom is 0.0659 e. The van der Waals surface area contributed by atoms with E-state index in [1.807, 2.05) is 23.9 Å². The standard InChI is InChI=1S/C19H21N3/c1-15(20)11-16-7-9-18(10-8-16)19-12-21-22(14-19)13-17-5-3-2-4-6-17/h2-10,12,14-15H,11,13,20H2,1H3. The average Bonchev–Trinajstić information content (AvgIpc) is 2.97. The largest absolute Gasteiger partial charge is 0.328 e. The molecule has 1 unspecified atom stereocenters. The number of hydrogen-bond donors (Lipinski definition) is 1. The third kappa shape index (κ3) is 3.62. The molecule has 1 aromatic heterocycles. The summed E-state index contributed by atoms with van der Waals surface area (Å²) in [6.45, 7) is 2.82. The van der Waals surface area contributed by atoms with Gasteiger partial charge >= 0.3 is 0 Å². The van der Waals surface area contributed by atoms with Crippen LogP contribution in [0, 0.1) is 0 Å². The van der Waals surface area contributed by atoms with Crippen LogP contribution in [-0.4, -0.2) is 15.8 Å². The van der Waals surface area contributed by atoms with Crippen molar-refractivity contribution in [3.05, 3.63) is 78.1 Å². The van der Waals surface area contributed by atoms with Gasteiger partial charge in [-0.25, -0.2) is 0 Å². The van der Waals surface area contributed by atoms with Crippen LogP contribution < -0.4 is 5.73 Å². The maximum absolute atomic E-state index is 5.84. The van der Waals surface area contributed by atoms with Crippen LogP contribution in [0.3, 0.4) is 0 Å². The molecule has 2 aromatic carbocycles. The molecule has 0 radical (unpaired) electrons. The van der Waals surface area contributed by atoms with Crippen molar-refractivity contribution in [3.63, 3.8) is 0 Å². The highest BCUT2D eigenvalue weighted by molar-refractivity contribution is 5.62. The summed E-state index contributed by atoms with van der Waals surface area (Å²) in [4.78, 5) is 0. The van der Waals surface area contributed by atoms with Crippen LogP contribution in [0.4, 0.5) is 0 Å². The molecule has 1 heterocycles. The average molecular weight is 291 g/mol. The van der Waals surface area contributed by atoms with Gasteiger partial charge in [0.05, 0.1) is 12.7 Å². The number of nitrogens with two attached hydrogens (primary N) is 1. The lowest BCUT2D eigenvalue weighted by molar-refractivity contribution is 0.687. The Balaban J connectivity index is 1.73. The van der Waals surface area contributed by atoms with E-state index in [2.05, 4.69) is 59.8 Å². The van der Waals surface area contributed by atoms with Crippen molar-refractivity contribution in [2.75, 3.05) is 0 Å². The molecule has 3 rings (SSSR count). The lowest BCUT2D eigenvalue weighted by Crippen LogP contribution is -2.17. The predicted molar refractivity (Wildman–Crippen MR) is 90.6 cm³/mol. The summed E-state index contributed by atoms with van der Waals surface area (Å²) in [5.74, 6) is 0. The van der Waals surface area contributed by atoms with Gasteiger partial charge in [-0.2, -0.15) is 5.10 Å². The Kier molecular flexibility index (Phi) is 4.35. The Labute approximate surface area is 131 Å². The van der Waals surface area contributed by atoms with Crippen molar-refractivity contribution in [2.24, 2.45) is 5.73 Å². The van der Waals surface area contributed by atoms with Crippen LogP contribution in [0.1, 0.15) is 18.1 Å². The van der Waals surface area contributed by atoms with E-state index in [0.717, 1.165) is 18.5 Å². The van der Waals surface area contributed by atoms with Gasteiger partial charge in [-0.05, 0) is 30.0 Å². The SMILES string of the molecule is CC(N)Cc1ccc(-c2cnn(Cc3ccccc3)c2)cc1. The molecule has 0 saturated carbocycles. The van der Waals surface area contributed by atoms with Crippen molar-refractivity contribution in [1.82, 2.24) is 9.78 Å². The van der Waals surface area contributed by atoms with Crippen LogP contribution in [0.15, 0.2) is 67.0 Å². The molecule has 0 aliphatic heterocycles. The molecular formula is C19H21N3. The smallest absolute Gasteiger partial charge is 0.0659 e. The van der Waals surface area contributed by atoms with E-state index in [4.69, 9.17) is 5.73 Å². The zero-order chi connectivity index (χ0) is 15.4. The van der Waals surface area contributed by atoms with Gasteiger partial charge in [-0.1, -0.05) is 54.6 Å². The minimum absolute atomic E-state index is 0.194. The van der Waals surface area contributed by atoms with Gasteiger partial charge in [0.15, 0.2) is 0 Å². The number of nitrogens with zero attached hydrogens (tertiary/aromatic N) is 2. The van der Waals surface area contributed by atoms with E-state index in [-0.39, 0.29) is 6.04 Å². The zero-order valence-corrected chi connectivity index (χ0v) is 12.8. The van der Waals surface area contributed by atoms with Gasteiger partial charge in [0.1, 0.15) is 0 Å². The highest BCUT2D eigenvalue weighted by Gasteiger charge is 2.04. The molecule has 0 aliphatic rings. The molecule has 0 aliphatic carbocycles. The van der Waals surface area contributed by atoms with Crippen molar-refractivity contribution < 1.29 is 0 Å². The summed E-state index contributed by atoms with van der Waals surface area (Å²) in [7, 11) is 0. The van der Waals surface area contributed by atoms with Crippen LogP contribution in [-0.2, 0) is 13.0 Å². The van der Waals surface area contributed by atoms with E-state index >= 15 is 0 Å². The molecule has 0 saturated heterocycles. The quantitative estimate of drug-likeness (QED) is 0.782. The molecule has 0 spiro atoms. The second-order valence-corrected chi connectivity index (χ2v) is 5.79. The van der Waals surface area contributed by atoms with E-state index in [1.54, 1.807) is 0 Å². The van der Waals surface area contributed by atoms with Gasteiger partial charge in [0, 0.05) is 17.8 Å². The van der Waals surface area contributed by atoms with E-state index in [9.17, 15) is 0 Å². The molecule has 112 valence electrons. The van der Waals surface area contributed by atoms with Gasteiger partial charge < -0.3 is 5.73 Å². The summed E-state index contributed by atoms with van der Waals surface area (Å²) in [6, 6.07) is 19.1. The van der Waals surface area contributed by atoms with Crippen molar-refractivity contribution in [3.8, 4) is 11.1 Å². The molecule has 0 bridgehead atoms. The Bertz CT molecular complexity index is 712. The lowest BCUT2D eigenvalue weighted by atomic mass is 10.0. The number of benzene rings is 2. The van der Waals surface area contributed by atoms with Crippen LogP contribution in [0.2, 0.25) is 0 Å². The molecule has 2 N–H and O–H groups in total. The van der Waals surface area contributed by atoms with Crippen LogP contribution >= 0.6 is 0 Å². The fourth-order valence-electron chi connectivity index (χ4n) is 2.57. The normalized spacial score (nSPS) is 12.3. The highest BCUT2D eigenvalue weighted by atomic mass is 15.3. The summed E-state index contributed by atoms with van der Waals surface area (Å²) in [6.07, 6.45) is 4.92. The Hall–Kier alpha value is -2.39. The molecule has 3 heteroatoms. The summed E-state index contributed by atoms with van der Waals surface area (Å²) in [5, 5.41) is 4.46. The van der Waals surface area contributed by atoms with Gasteiger partial charge in [-0.15, -0.1) is 0 Å². The van der Waals surface area contributed by atoms with E-state index in [1.165, 1.54) is 16.7 Å². The number of hydrogen-bond acceptors (Lipinski definition) is 2. The first-order valence-electron chi connectivity index (χ1n) is 7.62. The second-order valence-electron chi connectivity index (χ2n) is 5.79. The Morgan fingerprint density at radius 2 is 1.68 bits per heavy atom. The first-order valence-corrected chi connectivity index (χ1v) is 7.62. The molecular weight excluding hydrogens is 270 g/mol.